The molecule has 3 rings (SSSR count). The Kier molecular flexibility index (Phi) is 9.70. The van der Waals surface area contributed by atoms with Crippen LogP contribution in [0.4, 0.5) is 5.69 Å². The fraction of sp³-hybridized carbons (Fsp3) is 0.643. The maximum Gasteiger partial charge on any atom is 0.251 e. The van der Waals surface area contributed by atoms with E-state index in [9.17, 15) is 19.2 Å². The smallest absolute Gasteiger partial charge is 0.251 e. The van der Waals surface area contributed by atoms with Crippen molar-refractivity contribution in [3.8, 4) is 0 Å². The molecule has 2 aliphatic rings. The van der Waals surface area contributed by atoms with Crippen molar-refractivity contribution in [2.45, 2.75) is 71.0 Å². The fourth-order valence-corrected chi connectivity index (χ4v) is 5.20. The van der Waals surface area contributed by atoms with Crippen LogP contribution in [0.1, 0.15) is 63.2 Å². The van der Waals surface area contributed by atoms with E-state index >= 15 is 0 Å². The standard InChI is InChI=1S/C28H43N5O4/c1-18(2)6-11-22(29)28(37)33-17-24(34)26-23(33)13-15-32(26)25(35)16-19(3)12-14-30-27(36)20-7-9-21(10-8-20)31(4)5/h7-10,18-19,22-23,26H,6,11-17,29H2,1-5H3,(H,30,36). The number of nitrogens with zero attached hydrogens (tertiary/aromatic N) is 3. The van der Waals surface area contributed by atoms with Gasteiger partial charge in [-0.25, -0.2) is 0 Å². The first-order chi connectivity index (χ1) is 17.5. The van der Waals surface area contributed by atoms with E-state index in [-0.39, 0.29) is 42.0 Å². The number of nitrogens with one attached hydrogen (secondary N) is 1. The van der Waals surface area contributed by atoms with Crippen LogP contribution in [0.5, 0.6) is 0 Å². The van der Waals surface area contributed by atoms with Crippen LogP contribution < -0.4 is 16.0 Å². The second kappa shape index (κ2) is 12.5. The quantitative estimate of drug-likeness (QED) is 0.468. The summed E-state index contributed by atoms with van der Waals surface area (Å²) in [6.07, 6.45) is 3.00. The van der Waals surface area contributed by atoms with Gasteiger partial charge in [-0.3, -0.25) is 19.2 Å². The topological polar surface area (TPSA) is 116 Å². The largest absolute Gasteiger partial charge is 0.378 e. The van der Waals surface area contributed by atoms with E-state index < -0.39 is 12.1 Å². The molecule has 0 spiro atoms. The van der Waals surface area contributed by atoms with Crippen LogP contribution in [0.25, 0.3) is 0 Å². The predicted octanol–water partition coefficient (Wildman–Crippen LogP) is 2.04. The molecule has 3 amide bonds. The normalized spacial score (nSPS) is 20.7. The van der Waals surface area contributed by atoms with Crippen LogP contribution in [0.15, 0.2) is 24.3 Å². The van der Waals surface area contributed by atoms with Crippen LogP contribution in [-0.4, -0.2) is 85.2 Å². The molecule has 2 fully saturated rings. The lowest BCUT2D eigenvalue weighted by molar-refractivity contribution is -0.137. The Morgan fingerprint density at radius 3 is 2.35 bits per heavy atom. The van der Waals surface area contributed by atoms with Crippen molar-refractivity contribution < 1.29 is 19.2 Å². The minimum Gasteiger partial charge on any atom is -0.378 e. The maximum atomic E-state index is 13.1. The first-order valence-electron chi connectivity index (χ1n) is 13.4. The predicted molar refractivity (Wildman–Crippen MR) is 144 cm³/mol. The first-order valence-corrected chi connectivity index (χ1v) is 13.4. The van der Waals surface area contributed by atoms with Crippen LogP contribution in [0.2, 0.25) is 0 Å². The lowest BCUT2D eigenvalue weighted by Gasteiger charge is -2.27. The molecular weight excluding hydrogens is 470 g/mol. The summed E-state index contributed by atoms with van der Waals surface area (Å²) in [5.41, 5.74) is 7.76. The van der Waals surface area contributed by atoms with E-state index in [4.69, 9.17) is 5.73 Å². The molecule has 4 atom stereocenters. The molecule has 37 heavy (non-hydrogen) atoms. The zero-order valence-corrected chi connectivity index (χ0v) is 22.9. The van der Waals surface area contributed by atoms with Gasteiger partial charge in [0.15, 0.2) is 5.78 Å². The summed E-state index contributed by atoms with van der Waals surface area (Å²) in [5, 5.41) is 2.92. The molecule has 1 aromatic carbocycles. The number of carbonyl (C=O) groups excluding carboxylic acids is 4. The summed E-state index contributed by atoms with van der Waals surface area (Å²) >= 11 is 0. The van der Waals surface area contributed by atoms with E-state index in [0.717, 1.165) is 12.1 Å². The van der Waals surface area contributed by atoms with Gasteiger partial charge in [0.25, 0.3) is 5.91 Å². The molecule has 0 saturated carbocycles. The van der Waals surface area contributed by atoms with Crippen LogP contribution >= 0.6 is 0 Å². The van der Waals surface area contributed by atoms with Gasteiger partial charge in [0.05, 0.1) is 18.6 Å². The molecular formula is C28H43N5O4. The fourth-order valence-electron chi connectivity index (χ4n) is 5.20. The van der Waals surface area contributed by atoms with Crippen molar-refractivity contribution in [3.05, 3.63) is 29.8 Å². The zero-order valence-electron chi connectivity index (χ0n) is 22.9. The molecule has 0 bridgehead atoms. The summed E-state index contributed by atoms with van der Waals surface area (Å²) in [6, 6.07) is 5.94. The summed E-state index contributed by atoms with van der Waals surface area (Å²) in [5.74, 6) is 0.0196. The number of likely N-dealkylation sites (tertiary alicyclic amines) is 2. The number of anilines is 1. The van der Waals surface area contributed by atoms with Gasteiger partial charge in [0.2, 0.25) is 11.8 Å². The molecule has 0 aromatic heterocycles. The number of hydrogen-bond donors (Lipinski definition) is 2. The van der Waals surface area contributed by atoms with Crippen molar-refractivity contribution in [3.63, 3.8) is 0 Å². The molecule has 4 unspecified atom stereocenters. The number of rotatable bonds is 11. The van der Waals surface area contributed by atoms with E-state index in [1.807, 2.05) is 38.1 Å². The van der Waals surface area contributed by atoms with Gasteiger partial charge in [-0.15, -0.1) is 0 Å². The molecule has 204 valence electrons. The molecule has 3 N–H and O–H groups in total. The Morgan fingerprint density at radius 1 is 1.05 bits per heavy atom. The Labute approximate surface area is 220 Å². The van der Waals surface area contributed by atoms with E-state index in [0.29, 0.717) is 50.3 Å². The minimum absolute atomic E-state index is 0.0322. The molecule has 2 heterocycles. The number of benzene rings is 1. The highest BCUT2D eigenvalue weighted by molar-refractivity contribution is 5.98. The summed E-state index contributed by atoms with van der Waals surface area (Å²) in [6.45, 7) is 7.12. The molecule has 9 heteroatoms. The van der Waals surface area contributed by atoms with Gasteiger partial charge in [-0.1, -0.05) is 20.8 Å². The third kappa shape index (κ3) is 7.09. The van der Waals surface area contributed by atoms with Crippen LogP contribution in [-0.2, 0) is 14.4 Å². The van der Waals surface area contributed by atoms with Gasteiger partial charge in [0, 0.05) is 44.9 Å². The highest BCUT2D eigenvalue weighted by atomic mass is 16.2. The monoisotopic (exact) mass is 513 g/mol. The van der Waals surface area contributed by atoms with Crippen molar-refractivity contribution >= 4 is 29.2 Å². The number of fused-ring (bicyclic) bond motifs is 1. The van der Waals surface area contributed by atoms with Crippen molar-refractivity contribution in [2.24, 2.45) is 17.6 Å². The second-order valence-electron chi connectivity index (χ2n) is 11.2. The molecule has 2 aliphatic heterocycles. The maximum absolute atomic E-state index is 13.1. The van der Waals surface area contributed by atoms with E-state index in [1.54, 1.807) is 21.9 Å². The lowest BCUT2D eigenvalue weighted by Crippen LogP contribution is -2.48. The molecule has 0 radical (unpaired) electrons. The molecule has 1 aromatic rings. The number of Topliss-reactive ketones (excluding diaryl/α,β-unsaturated/α-hetero) is 1. The Bertz CT molecular complexity index is 977. The number of amides is 3. The minimum atomic E-state index is -0.611. The Balaban J connectivity index is 1.46. The molecule has 2 saturated heterocycles. The number of nitrogens with two attached hydrogens (primary N) is 1. The van der Waals surface area contributed by atoms with Gasteiger partial charge >= 0.3 is 0 Å². The Morgan fingerprint density at radius 2 is 1.73 bits per heavy atom. The molecule has 9 nitrogen and oxygen atoms in total. The van der Waals surface area contributed by atoms with Crippen LogP contribution in [0.3, 0.4) is 0 Å². The SMILES string of the molecule is CC(C)CCC(N)C(=O)N1CC(=O)C2C1CCN2C(=O)CC(C)CCNC(=O)c1ccc(N(C)C)cc1. The third-order valence-electron chi connectivity index (χ3n) is 7.49. The Hall–Kier alpha value is -2.94. The van der Waals surface area contributed by atoms with Crippen molar-refractivity contribution in [2.75, 3.05) is 38.6 Å². The first kappa shape index (κ1) is 28.6. The van der Waals surface area contributed by atoms with Gasteiger partial charge < -0.3 is 25.8 Å². The zero-order chi connectivity index (χ0) is 27.3. The van der Waals surface area contributed by atoms with Crippen LogP contribution in [0, 0.1) is 11.8 Å². The summed E-state index contributed by atoms with van der Waals surface area (Å²) in [7, 11) is 3.89. The average molecular weight is 514 g/mol. The van der Waals surface area contributed by atoms with Crippen molar-refractivity contribution in [1.82, 2.24) is 15.1 Å². The number of ketones is 1. The lowest BCUT2D eigenvalue weighted by atomic mass is 10.0. The highest BCUT2D eigenvalue weighted by Crippen LogP contribution is 2.31. The van der Waals surface area contributed by atoms with Gasteiger partial charge in [-0.2, -0.15) is 0 Å². The second-order valence-corrected chi connectivity index (χ2v) is 11.2. The third-order valence-corrected chi connectivity index (χ3v) is 7.49. The average Bonchev–Trinajstić information content (AvgIpc) is 3.43. The van der Waals surface area contributed by atoms with Crippen molar-refractivity contribution in [1.29, 1.82) is 0 Å². The summed E-state index contributed by atoms with van der Waals surface area (Å²) < 4.78 is 0. The molecule has 0 aliphatic carbocycles. The summed E-state index contributed by atoms with van der Waals surface area (Å²) in [4.78, 5) is 56.5. The van der Waals surface area contributed by atoms with Gasteiger partial charge in [-0.05, 0) is 61.8 Å². The van der Waals surface area contributed by atoms with E-state index in [1.165, 1.54) is 0 Å². The van der Waals surface area contributed by atoms with Gasteiger partial charge in [0.1, 0.15) is 6.04 Å². The number of hydrogen-bond acceptors (Lipinski definition) is 6. The highest BCUT2D eigenvalue weighted by Gasteiger charge is 2.51. The van der Waals surface area contributed by atoms with E-state index in [2.05, 4.69) is 19.2 Å². The number of carbonyl (C=O) groups is 4.